The third-order valence-corrected chi connectivity index (χ3v) is 7.58. The topological polar surface area (TPSA) is 12.0 Å². The minimum absolute atomic E-state index is 0.771. The molecule has 17 heavy (non-hydrogen) atoms. The highest BCUT2D eigenvalue weighted by atomic mass is 32.2. The van der Waals surface area contributed by atoms with Crippen molar-refractivity contribution in [3.63, 3.8) is 0 Å². The van der Waals surface area contributed by atoms with Crippen LogP contribution in [0.25, 0.3) is 0 Å². The van der Waals surface area contributed by atoms with Crippen LogP contribution < -0.4 is 5.32 Å². The van der Waals surface area contributed by atoms with Gasteiger partial charge in [-0.1, -0.05) is 33.1 Å². The van der Waals surface area contributed by atoms with Gasteiger partial charge in [0.15, 0.2) is 0 Å². The minimum Gasteiger partial charge on any atom is -0.313 e. The second kappa shape index (κ2) is 7.30. The molecule has 1 N–H and O–H groups in total. The predicted molar refractivity (Wildman–Crippen MR) is 82.2 cm³/mol. The molecule has 2 fully saturated rings. The maximum atomic E-state index is 3.78. The fourth-order valence-corrected chi connectivity index (χ4v) is 6.27. The Kier molecular flexibility index (Phi) is 6.04. The zero-order valence-corrected chi connectivity index (χ0v) is 12.9. The summed E-state index contributed by atoms with van der Waals surface area (Å²) in [5, 5.41) is 5.53. The summed E-state index contributed by atoms with van der Waals surface area (Å²) in [6.07, 6.45) is 7.23. The van der Waals surface area contributed by atoms with E-state index >= 15 is 0 Å². The Bertz CT molecular complexity index is 218. The molecule has 0 radical (unpaired) electrons. The molecule has 2 aliphatic rings. The van der Waals surface area contributed by atoms with Gasteiger partial charge in [0, 0.05) is 28.0 Å². The molecule has 1 heterocycles. The molecule has 1 nitrogen and oxygen atoms in total. The van der Waals surface area contributed by atoms with E-state index in [9.17, 15) is 0 Å². The number of hydrogen-bond donors (Lipinski definition) is 1. The number of hydrogen-bond acceptors (Lipinski definition) is 3. The Balaban J connectivity index is 1.91. The highest BCUT2D eigenvalue weighted by molar-refractivity contribution is 8.07. The van der Waals surface area contributed by atoms with Crippen LogP contribution in [0.1, 0.15) is 46.0 Å². The molecule has 0 aromatic heterocycles. The summed E-state index contributed by atoms with van der Waals surface area (Å²) in [6, 6.07) is 0.771. The molecule has 0 bridgehead atoms. The lowest BCUT2D eigenvalue weighted by molar-refractivity contribution is 0.257. The van der Waals surface area contributed by atoms with E-state index in [1.165, 1.54) is 43.6 Å². The predicted octanol–water partition coefficient (Wildman–Crippen LogP) is 3.78. The Morgan fingerprint density at radius 3 is 2.53 bits per heavy atom. The first-order valence-electron chi connectivity index (χ1n) is 7.31. The monoisotopic (exact) mass is 273 g/mol. The number of rotatable bonds is 6. The Labute approximate surface area is 115 Å². The molecule has 3 atom stereocenters. The van der Waals surface area contributed by atoms with Crippen molar-refractivity contribution < 1.29 is 0 Å². The van der Waals surface area contributed by atoms with Gasteiger partial charge in [0.05, 0.1) is 0 Å². The molecule has 1 saturated carbocycles. The average Bonchev–Trinajstić information content (AvgIpc) is 2.32. The van der Waals surface area contributed by atoms with Gasteiger partial charge < -0.3 is 5.32 Å². The summed E-state index contributed by atoms with van der Waals surface area (Å²) >= 11 is 4.45. The van der Waals surface area contributed by atoms with Gasteiger partial charge in [0.25, 0.3) is 0 Å². The van der Waals surface area contributed by atoms with E-state index in [0.717, 1.165) is 29.0 Å². The van der Waals surface area contributed by atoms with Crippen molar-refractivity contribution in [2.75, 3.05) is 18.1 Å². The third kappa shape index (κ3) is 3.81. The van der Waals surface area contributed by atoms with E-state index in [1.54, 1.807) is 0 Å². The number of nitrogens with one attached hydrogen (secondary N) is 1. The Morgan fingerprint density at radius 1 is 1.18 bits per heavy atom. The minimum atomic E-state index is 0.771. The summed E-state index contributed by atoms with van der Waals surface area (Å²) in [4.78, 5) is 0. The Hall–Kier alpha value is 0.660. The molecule has 0 aromatic rings. The van der Waals surface area contributed by atoms with Gasteiger partial charge in [0.1, 0.15) is 0 Å². The summed E-state index contributed by atoms with van der Waals surface area (Å²) < 4.78 is 0. The highest BCUT2D eigenvalue weighted by Gasteiger charge is 2.33. The van der Waals surface area contributed by atoms with E-state index in [0.29, 0.717) is 0 Å². The van der Waals surface area contributed by atoms with Crippen LogP contribution in [0.15, 0.2) is 0 Å². The Morgan fingerprint density at radius 2 is 1.94 bits per heavy atom. The van der Waals surface area contributed by atoms with Gasteiger partial charge in [-0.3, -0.25) is 0 Å². The molecule has 1 saturated heterocycles. The van der Waals surface area contributed by atoms with Crippen molar-refractivity contribution in [2.45, 2.75) is 62.5 Å². The van der Waals surface area contributed by atoms with Crippen molar-refractivity contribution in [3.05, 3.63) is 0 Å². The van der Waals surface area contributed by atoms with E-state index < -0.39 is 0 Å². The lowest BCUT2D eigenvalue weighted by atomic mass is 9.80. The summed E-state index contributed by atoms with van der Waals surface area (Å²) in [6.45, 7) is 5.76. The molecule has 0 spiro atoms. The van der Waals surface area contributed by atoms with Crippen LogP contribution in [0.5, 0.6) is 0 Å². The molecule has 1 aliphatic heterocycles. The fraction of sp³-hybridized carbons (Fsp3) is 1.00. The quantitative estimate of drug-likeness (QED) is 0.791. The van der Waals surface area contributed by atoms with Gasteiger partial charge in [-0.15, -0.1) is 0 Å². The lowest BCUT2D eigenvalue weighted by Crippen LogP contribution is -2.46. The van der Waals surface area contributed by atoms with Crippen molar-refractivity contribution in [2.24, 2.45) is 5.92 Å². The molecule has 100 valence electrons. The number of thioether (sulfide) groups is 2. The van der Waals surface area contributed by atoms with E-state index in [-0.39, 0.29) is 0 Å². The van der Waals surface area contributed by atoms with Gasteiger partial charge in [0.2, 0.25) is 0 Å². The SMILES string of the molecule is CCNC(CC1CCC1)C1SCCSC1CC. The fourth-order valence-electron chi connectivity index (χ4n) is 2.99. The molecule has 0 aromatic carbocycles. The molecule has 2 rings (SSSR count). The second-order valence-electron chi connectivity index (χ2n) is 5.35. The maximum absolute atomic E-state index is 3.78. The average molecular weight is 274 g/mol. The molecular weight excluding hydrogens is 246 g/mol. The van der Waals surface area contributed by atoms with Gasteiger partial charge in [-0.05, 0) is 25.3 Å². The highest BCUT2D eigenvalue weighted by Crippen LogP contribution is 2.39. The summed E-state index contributed by atoms with van der Waals surface area (Å²) in [7, 11) is 0. The van der Waals surface area contributed by atoms with Gasteiger partial charge in [-0.2, -0.15) is 23.5 Å². The van der Waals surface area contributed by atoms with Crippen LogP contribution >= 0.6 is 23.5 Å². The van der Waals surface area contributed by atoms with Crippen LogP contribution in [0, 0.1) is 5.92 Å². The van der Waals surface area contributed by atoms with Crippen LogP contribution in [-0.2, 0) is 0 Å². The molecule has 3 heteroatoms. The standard InChI is InChI=1S/C14H27NS2/c1-3-13-14(17-9-8-16-13)12(15-4-2)10-11-6-5-7-11/h11-15H,3-10H2,1-2H3. The van der Waals surface area contributed by atoms with Gasteiger partial charge >= 0.3 is 0 Å². The van der Waals surface area contributed by atoms with E-state index in [4.69, 9.17) is 0 Å². The van der Waals surface area contributed by atoms with Crippen LogP contribution in [0.4, 0.5) is 0 Å². The maximum Gasteiger partial charge on any atom is 0.0320 e. The van der Waals surface area contributed by atoms with Crippen molar-refractivity contribution in [1.29, 1.82) is 0 Å². The van der Waals surface area contributed by atoms with Crippen molar-refractivity contribution in [1.82, 2.24) is 5.32 Å². The van der Waals surface area contributed by atoms with E-state index in [1.807, 2.05) is 0 Å². The van der Waals surface area contributed by atoms with Crippen LogP contribution in [0.3, 0.4) is 0 Å². The van der Waals surface area contributed by atoms with Gasteiger partial charge in [-0.25, -0.2) is 0 Å². The van der Waals surface area contributed by atoms with Crippen molar-refractivity contribution in [3.8, 4) is 0 Å². The first-order chi connectivity index (χ1) is 8.35. The molecular formula is C14H27NS2. The van der Waals surface area contributed by atoms with Crippen molar-refractivity contribution >= 4 is 23.5 Å². The second-order valence-corrected chi connectivity index (χ2v) is 7.98. The van der Waals surface area contributed by atoms with E-state index in [2.05, 4.69) is 42.7 Å². The first-order valence-corrected chi connectivity index (χ1v) is 9.41. The normalized spacial score (nSPS) is 32.1. The molecule has 3 unspecified atom stereocenters. The smallest absolute Gasteiger partial charge is 0.0320 e. The zero-order chi connectivity index (χ0) is 12.1. The summed E-state index contributed by atoms with van der Waals surface area (Å²) in [5.41, 5.74) is 0. The third-order valence-electron chi connectivity index (χ3n) is 4.17. The van der Waals surface area contributed by atoms with Crippen LogP contribution in [-0.4, -0.2) is 34.6 Å². The molecule has 0 amide bonds. The van der Waals surface area contributed by atoms with Crippen LogP contribution in [0.2, 0.25) is 0 Å². The lowest BCUT2D eigenvalue weighted by Gasteiger charge is -2.39. The molecule has 1 aliphatic carbocycles. The summed E-state index contributed by atoms with van der Waals surface area (Å²) in [5.74, 6) is 3.75. The zero-order valence-electron chi connectivity index (χ0n) is 11.3. The largest absolute Gasteiger partial charge is 0.313 e. The first kappa shape index (κ1) is 14.1.